The van der Waals surface area contributed by atoms with Crippen LogP contribution in [-0.4, -0.2) is 23.8 Å². The fourth-order valence-electron chi connectivity index (χ4n) is 3.08. The number of aliphatic hydroxyl groups is 1. The second-order valence-corrected chi connectivity index (χ2v) is 5.86. The van der Waals surface area contributed by atoms with E-state index in [2.05, 4.69) is 12.2 Å². The van der Waals surface area contributed by atoms with Gasteiger partial charge in [-0.1, -0.05) is 18.5 Å². The van der Waals surface area contributed by atoms with Crippen LogP contribution in [0, 0.1) is 5.92 Å². The Hall–Kier alpha value is -0.770. The Morgan fingerprint density at radius 2 is 2.33 bits per heavy atom. The Balaban J connectivity index is 1.98. The van der Waals surface area contributed by atoms with E-state index in [9.17, 15) is 5.11 Å². The smallest absolute Gasteiger partial charge is 0.126 e. The maximum atomic E-state index is 10.4. The summed E-state index contributed by atoms with van der Waals surface area (Å²) in [6, 6.07) is 5.49. The highest BCUT2D eigenvalue weighted by atomic mass is 35.5. The molecule has 0 radical (unpaired) electrons. The summed E-state index contributed by atoms with van der Waals surface area (Å²) in [6.45, 7) is 4.06. The average Bonchev–Trinajstić information content (AvgIpc) is 2.34. The number of rotatable bonds is 0. The lowest BCUT2D eigenvalue weighted by Crippen LogP contribution is -2.55. The van der Waals surface area contributed by atoms with Gasteiger partial charge in [-0.3, -0.25) is 0 Å². The summed E-state index contributed by atoms with van der Waals surface area (Å²) in [5.41, 5.74) is 0.588. The Labute approximate surface area is 112 Å². The molecule has 1 saturated heterocycles. The van der Waals surface area contributed by atoms with Crippen LogP contribution >= 0.6 is 11.6 Å². The fourth-order valence-corrected chi connectivity index (χ4v) is 3.26. The summed E-state index contributed by atoms with van der Waals surface area (Å²) < 4.78 is 6.24. The van der Waals surface area contributed by atoms with Crippen molar-refractivity contribution in [2.24, 2.45) is 5.92 Å². The normalized spacial score (nSPS) is 35.1. The minimum absolute atomic E-state index is 0.231. The molecular formula is C14H18ClNO2. The van der Waals surface area contributed by atoms with Crippen LogP contribution in [0.2, 0.25) is 5.02 Å². The van der Waals surface area contributed by atoms with Crippen LogP contribution in [0.4, 0.5) is 0 Å². The third-order valence-corrected chi connectivity index (χ3v) is 4.49. The number of aliphatic hydroxyl groups excluding tert-OH is 1. The zero-order chi connectivity index (χ0) is 12.8. The lowest BCUT2D eigenvalue weighted by atomic mass is 9.76. The van der Waals surface area contributed by atoms with Crippen LogP contribution < -0.4 is 10.1 Å². The van der Waals surface area contributed by atoms with E-state index in [1.807, 2.05) is 12.1 Å². The molecular weight excluding hydrogens is 250 g/mol. The summed E-state index contributed by atoms with van der Waals surface area (Å²) in [5, 5.41) is 14.4. The van der Waals surface area contributed by atoms with Gasteiger partial charge in [0.25, 0.3) is 0 Å². The van der Waals surface area contributed by atoms with E-state index < -0.39 is 6.10 Å². The number of nitrogens with one attached hydrogen (secondary N) is 1. The second-order valence-electron chi connectivity index (χ2n) is 5.42. The standard InChI is InChI=1S/C14H18ClNO2/c1-9-8-16-5-4-14(9)7-12(17)11-6-10(15)2-3-13(11)18-14/h2-3,6,9,12,16-17H,4-5,7-8H2,1H3/t9?,12-,14?/m0/s1. The molecule has 1 fully saturated rings. The molecule has 18 heavy (non-hydrogen) atoms. The van der Waals surface area contributed by atoms with Crippen molar-refractivity contribution in [2.75, 3.05) is 13.1 Å². The lowest BCUT2D eigenvalue weighted by molar-refractivity contribution is -0.0659. The molecule has 2 heterocycles. The van der Waals surface area contributed by atoms with Gasteiger partial charge in [-0.15, -0.1) is 0 Å². The molecule has 3 nitrogen and oxygen atoms in total. The highest BCUT2D eigenvalue weighted by Gasteiger charge is 2.45. The topological polar surface area (TPSA) is 41.5 Å². The summed E-state index contributed by atoms with van der Waals surface area (Å²) >= 11 is 5.97. The van der Waals surface area contributed by atoms with Crippen LogP contribution in [0.15, 0.2) is 18.2 Å². The Morgan fingerprint density at radius 1 is 1.50 bits per heavy atom. The second kappa shape index (κ2) is 4.41. The van der Waals surface area contributed by atoms with Crippen LogP contribution in [0.5, 0.6) is 5.75 Å². The molecule has 4 heteroatoms. The van der Waals surface area contributed by atoms with Gasteiger partial charge in [0.2, 0.25) is 0 Å². The molecule has 98 valence electrons. The number of hydrogen-bond acceptors (Lipinski definition) is 3. The van der Waals surface area contributed by atoms with Crippen LogP contribution in [0.1, 0.15) is 31.4 Å². The van der Waals surface area contributed by atoms with E-state index in [1.54, 1.807) is 6.07 Å². The van der Waals surface area contributed by atoms with Gasteiger partial charge in [0.05, 0.1) is 6.10 Å². The molecule has 0 bridgehead atoms. The lowest BCUT2D eigenvalue weighted by Gasteiger charge is -2.47. The fraction of sp³-hybridized carbons (Fsp3) is 0.571. The number of piperidine rings is 1. The van der Waals surface area contributed by atoms with Gasteiger partial charge < -0.3 is 15.2 Å². The molecule has 0 aromatic heterocycles. The van der Waals surface area contributed by atoms with Crippen LogP contribution in [-0.2, 0) is 0 Å². The van der Waals surface area contributed by atoms with Crippen molar-refractivity contribution < 1.29 is 9.84 Å². The number of halogens is 1. The third-order valence-electron chi connectivity index (χ3n) is 4.26. The summed E-state index contributed by atoms with van der Waals surface area (Å²) in [6.07, 6.45) is 1.12. The predicted molar refractivity (Wildman–Crippen MR) is 71.0 cm³/mol. The van der Waals surface area contributed by atoms with Gasteiger partial charge in [0.1, 0.15) is 11.4 Å². The van der Waals surface area contributed by atoms with E-state index in [1.165, 1.54) is 0 Å². The zero-order valence-electron chi connectivity index (χ0n) is 10.4. The molecule has 2 aliphatic heterocycles. The van der Waals surface area contributed by atoms with E-state index in [4.69, 9.17) is 16.3 Å². The first-order valence-corrected chi connectivity index (χ1v) is 6.86. The SMILES string of the molecule is CC1CNCCC12C[C@H](O)c1cc(Cl)ccc1O2. The van der Waals surface area contributed by atoms with E-state index in [0.29, 0.717) is 17.4 Å². The molecule has 2 aliphatic rings. The maximum Gasteiger partial charge on any atom is 0.126 e. The van der Waals surface area contributed by atoms with Crippen molar-refractivity contribution in [1.82, 2.24) is 5.32 Å². The van der Waals surface area contributed by atoms with Crippen molar-refractivity contribution in [1.29, 1.82) is 0 Å². The molecule has 0 saturated carbocycles. The highest BCUT2D eigenvalue weighted by Crippen LogP contribution is 2.45. The first-order chi connectivity index (χ1) is 8.61. The molecule has 3 atom stereocenters. The van der Waals surface area contributed by atoms with Crippen molar-refractivity contribution >= 4 is 11.6 Å². The minimum atomic E-state index is -0.479. The van der Waals surface area contributed by atoms with Gasteiger partial charge in [-0.25, -0.2) is 0 Å². The van der Waals surface area contributed by atoms with Crippen LogP contribution in [0.25, 0.3) is 0 Å². The van der Waals surface area contributed by atoms with Gasteiger partial charge >= 0.3 is 0 Å². The summed E-state index contributed by atoms with van der Waals surface area (Å²) in [4.78, 5) is 0. The Morgan fingerprint density at radius 3 is 3.11 bits per heavy atom. The average molecular weight is 268 g/mol. The monoisotopic (exact) mass is 267 g/mol. The van der Waals surface area contributed by atoms with Crippen molar-refractivity contribution in [3.05, 3.63) is 28.8 Å². The van der Waals surface area contributed by atoms with E-state index in [-0.39, 0.29) is 5.60 Å². The molecule has 1 aromatic rings. The largest absolute Gasteiger partial charge is 0.486 e. The minimum Gasteiger partial charge on any atom is -0.486 e. The molecule has 0 aliphatic carbocycles. The van der Waals surface area contributed by atoms with E-state index in [0.717, 1.165) is 30.8 Å². The van der Waals surface area contributed by atoms with Crippen molar-refractivity contribution in [3.8, 4) is 5.75 Å². The molecule has 1 spiro atoms. The number of fused-ring (bicyclic) bond motifs is 1. The zero-order valence-corrected chi connectivity index (χ0v) is 11.2. The predicted octanol–water partition coefficient (Wildman–Crippen LogP) is 2.52. The third kappa shape index (κ3) is 1.91. The van der Waals surface area contributed by atoms with Gasteiger partial charge in [-0.05, 0) is 31.2 Å². The first-order valence-electron chi connectivity index (χ1n) is 6.48. The molecule has 0 amide bonds. The molecule has 2 N–H and O–H groups in total. The van der Waals surface area contributed by atoms with Crippen molar-refractivity contribution in [2.45, 2.75) is 31.5 Å². The first kappa shape index (κ1) is 12.3. The maximum absolute atomic E-state index is 10.4. The van der Waals surface area contributed by atoms with Gasteiger partial charge in [-0.2, -0.15) is 0 Å². The Bertz CT molecular complexity index is 465. The number of ether oxygens (including phenoxy) is 1. The Kier molecular flexibility index (Phi) is 3.00. The molecule has 1 aromatic carbocycles. The quantitative estimate of drug-likeness (QED) is 0.759. The van der Waals surface area contributed by atoms with E-state index >= 15 is 0 Å². The summed E-state index contributed by atoms with van der Waals surface area (Å²) in [5.74, 6) is 1.18. The van der Waals surface area contributed by atoms with Gasteiger partial charge in [0, 0.05) is 29.5 Å². The van der Waals surface area contributed by atoms with Crippen LogP contribution in [0.3, 0.4) is 0 Å². The molecule has 3 rings (SSSR count). The molecule has 2 unspecified atom stereocenters. The highest BCUT2D eigenvalue weighted by molar-refractivity contribution is 6.30. The van der Waals surface area contributed by atoms with Crippen molar-refractivity contribution in [3.63, 3.8) is 0 Å². The summed E-state index contributed by atoms with van der Waals surface area (Å²) in [7, 11) is 0. The van der Waals surface area contributed by atoms with Gasteiger partial charge in [0.15, 0.2) is 0 Å². The number of benzene rings is 1. The number of hydrogen-bond donors (Lipinski definition) is 2.